The molecule has 0 saturated heterocycles. The summed E-state index contributed by atoms with van der Waals surface area (Å²) in [5.74, 6) is 2.62. The Morgan fingerprint density at radius 2 is 2.20 bits per heavy atom. The molecule has 2 heterocycles. The first-order valence-corrected chi connectivity index (χ1v) is 8.61. The van der Waals surface area contributed by atoms with Gasteiger partial charge in [0.25, 0.3) is 5.91 Å². The number of methoxy groups -OCH3 is 1. The summed E-state index contributed by atoms with van der Waals surface area (Å²) in [6.45, 7) is 0.219. The second-order valence-electron chi connectivity index (χ2n) is 4.79. The van der Waals surface area contributed by atoms with E-state index in [4.69, 9.17) is 11.2 Å². The van der Waals surface area contributed by atoms with Crippen molar-refractivity contribution in [2.75, 3.05) is 7.11 Å². The van der Waals surface area contributed by atoms with Gasteiger partial charge in [0.05, 0.1) is 23.3 Å². The third kappa shape index (κ3) is 3.17. The molecule has 0 aliphatic heterocycles. The minimum atomic E-state index is -0.547. The molecule has 126 valence electrons. The van der Waals surface area contributed by atoms with Gasteiger partial charge in [0.15, 0.2) is 4.80 Å². The second-order valence-corrected chi connectivity index (χ2v) is 6.87. The minimum Gasteiger partial charge on any atom is -0.495 e. The number of thiazole rings is 1. The van der Waals surface area contributed by atoms with Gasteiger partial charge in [-0.1, -0.05) is 34.7 Å². The fourth-order valence-corrected chi connectivity index (χ4v) is 4.02. The van der Waals surface area contributed by atoms with Crippen molar-refractivity contribution >= 4 is 43.8 Å². The van der Waals surface area contributed by atoms with Gasteiger partial charge in [0, 0.05) is 6.07 Å². The van der Waals surface area contributed by atoms with Gasteiger partial charge in [-0.2, -0.15) is 4.99 Å². The highest BCUT2D eigenvalue weighted by Gasteiger charge is 2.16. The van der Waals surface area contributed by atoms with Crippen LogP contribution < -0.4 is 9.54 Å². The van der Waals surface area contributed by atoms with Crippen LogP contribution in [0.15, 0.2) is 35.3 Å². The summed E-state index contributed by atoms with van der Waals surface area (Å²) in [5.41, 5.74) is 0.761. The molecule has 25 heavy (non-hydrogen) atoms. The van der Waals surface area contributed by atoms with Crippen molar-refractivity contribution in [1.82, 2.24) is 4.57 Å². The number of thiophene rings is 1. The number of aromatic nitrogens is 1. The maximum Gasteiger partial charge on any atom is 0.324 e. The number of hydrogen-bond donors (Lipinski definition) is 0. The van der Waals surface area contributed by atoms with Gasteiger partial charge in [0.1, 0.15) is 16.1 Å². The highest BCUT2D eigenvalue weighted by molar-refractivity contribution is 7.17. The number of carbonyl (C=O) groups excluding carboxylic acids is 1. The maximum absolute atomic E-state index is 12.4. The second kappa shape index (κ2) is 6.88. The number of rotatable bonds is 4. The summed E-state index contributed by atoms with van der Waals surface area (Å²) in [4.78, 5) is 27.3. The van der Waals surface area contributed by atoms with Crippen LogP contribution in [0, 0.1) is 22.5 Å². The summed E-state index contributed by atoms with van der Waals surface area (Å²) in [6.07, 6.45) is 5.44. The molecule has 9 heteroatoms. The number of nitro groups is 1. The Bertz CT molecular complexity index is 1080. The van der Waals surface area contributed by atoms with Crippen molar-refractivity contribution in [3.63, 3.8) is 0 Å². The predicted octanol–water partition coefficient (Wildman–Crippen LogP) is 3.06. The normalized spacial score (nSPS) is 11.4. The lowest BCUT2D eigenvalue weighted by Gasteiger charge is -2.05. The van der Waals surface area contributed by atoms with Crippen LogP contribution in [-0.4, -0.2) is 22.5 Å². The lowest BCUT2D eigenvalue weighted by Crippen LogP contribution is -2.16. The summed E-state index contributed by atoms with van der Waals surface area (Å²) < 4.78 is 7.96. The van der Waals surface area contributed by atoms with Crippen molar-refractivity contribution in [1.29, 1.82) is 0 Å². The summed E-state index contributed by atoms with van der Waals surface area (Å²) in [5, 5.41) is 10.7. The van der Waals surface area contributed by atoms with Crippen LogP contribution in [-0.2, 0) is 6.54 Å². The van der Waals surface area contributed by atoms with Crippen molar-refractivity contribution in [3.05, 3.63) is 50.1 Å². The third-order valence-electron chi connectivity index (χ3n) is 3.31. The average Bonchev–Trinajstić information content (AvgIpc) is 3.21. The minimum absolute atomic E-state index is 0.104. The third-order valence-corrected chi connectivity index (χ3v) is 5.38. The van der Waals surface area contributed by atoms with Crippen molar-refractivity contribution < 1.29 is 14.5 Å². The fourth-order valence-electron chi connectivity index (χ4n) is 2.27. The molecule has 0 bridgehead atoms. The van der Waals surface area contributed by atoms with E-state index in [0.29, 0.717) is 10.6 Å². The molecule has 0 N–H and O–H groups in total. The van der Waals surface area contributed by atoms with E-state index < -0.39 is 10.8 Å². The number of hydrogen-bond acceptors (Lipinski definition) is 6. The number of terminal acetylenes is 1. The lowest BCUT2D eigenvalue weighted by molar-refractivity contribution is -0.380. The maximum atomic E-state index is 12.4. The van der Waals surface area contributed by atoms with E-state index in [1.807, 2.05) is 12.1 Å². The first-order chi connectivity index (χ1) is 12.0. The molecule has 2 aromatic heterocycles. The number of carbonyl (C=O) groups is 1. The Labute approximate surface area is 150 Å². The van der Waals surface area contributed by atoms with E-state index in [2.05, 4.69) is 10.9 Å². The number of amides is 1. The van der Waals surface area contributed by atoms with Gasteiger partial charge in [-0.3, -0.25) is 14.9 Å². The predicted molar refractivity (Wildman–Crippen MR) is 96.1 cm³/mol. The Morgan fingerprint density at radius 3 is 2.84 bits per heavy atom. The Morgan fingerprint density at radius 1 is 1.40 bits per heavy atom. The largest absolute Gasteiger partial charge is 0.495 e. The first kappa shape index (κ1) is 16.9. The monoisotopic (exact) mass is 373 g/mol. The molecule has 0 saturated carbocycles. The Hall–Kier alpha value is -2.96. The number of para-hydroxylation sites is 1. The summed E-state index contributed by atoms with van der Waals surface area (Å²) in [6, 6.07) is 8.21. The highest BCUT2D eigenvalue weighted by atomic mass is 32.1. The molecule has 0 radical (unpaired) electrons. The van der Waals surface area contributed by atoms with Gasteiger partial charge in [-0.15, -0.1) is 6.42 Å². The molecule has 3 rings (SSSR count). The van der Waals surface area contributed by atoms with Crippen LogP contribution in [0.2, 0.25) is 0 Å². The summed E-state index contributed by atoms with van der Waals surface area (Å²) >= 11 is 2.09. The number of ether oxygens (including phenoxy) is 1. The van der Waals surface area contributed by atoms with E-state index in [-0.39, 0.29) is 16.4 Å². The average molecular weight is 373 g/mol. The molecule has 0 spiro atoms. The van der Waals surface area contributed by atoms with Gasteiger partial charge < -0.3 is 9.30 Å². The van der Waals surface area contributed by atoms with Gasteiger partial charge in [-0.05, 0) is 18.2 Å². The SMILES string of the molecule is C#CCn1c(=NC(=O)c2ccc([N+](=O)[O-])s2)sc2cccc(OC)c21. The lowest BCUT2D eigenvalue weighted by atomic mass is 10.3. The van der Waals surface area contributed by atoms with Gasteiger partial charge in [0.2, 0.25) is 0 Å². The molecular weight excluding hydrogens is 362 g/mol. The fraction of sp³-hybridized carbons (Fsp3) is 0.125. The molecule has 1 amide bonds. The quantitative estimate of drug-likeness (QED) is 0.399. The summed E-state index contributed by atoms with van der Waals surface area (Å²) in [7, 11) is 1.55. The zero-order valence-corrected chi connectivity index (χ0v) is 14.6. The number of nitrogens with zero attached hydrogens (tertiary/aromatic N) is 3. The molecule has 0 atom stereocenters. The van der Waals surface area contributed by atoms with E-state index >= 15 is 0 Å². The van der Waals surface area contributed by atoms with E-state index in [9.17, 15) is 14.9 Å². The highest BCUT2D eigenvalue weighted by Crippen LogP contribution is 2.28. The van der Waals surface area contributed by atoms with Crippen LogP contribution in [0.1, 0.15) is 9.67 Å². The smallest absolute Gasteiger partial charge is 0.324 e. The van der Waals surface area contributed by atoms with Crippen LogP contribution in [0.25, 0.3) is 10.2 Å². The Kier molecular flexibility index (Phi) is 4.65. The van der Waals surface area contributed by atoms with Crippen LogP contribution in [0.5, 0.6) is 5.75 Å². The molecule has 0 aliphatic rings. The zero-order valence-electron chi connectivity index (χ0n) is 13.0. The van der Waals surface area contributed by atoms with Crippen molar-refractivity contribution in [2.24, 2.45) is 4.99 Å². The van der Waals surface area contributed by atoms with E-state index in [1.165, 1.54) is 23.5 Å². The first-order valence-electron chi connectivity index (χ1n) is 6.98. The standard InChI is InChI=1S/C16H11N3O4S2/c1-3-9-18-14-10(23-2)5-4-6-11(14)25-16(18)17-15(20)12-7-8-13(24-12)19(21)22/h1,4-8H,9H2,2H3. The molecule has 0 aliphatic carbocycles. The molecule has 0 fully saturated rings. The van der Waals surface area contributed by atoms with Crippen LogP contribution in [0.3, 0.4) is 0 Å². The zero-order chi connectivity index (χ0) is 18.0. The molecule has 3 aromatic rings. The molecule has 7 nitrogen and oxygen atoms in total. The van der Waals surface area contributed by atoms with E-state index in [0.717, 1.165) is 21.6 Å². The van der Waals surface area contributed by atoms with Gasteiger partial charge in [-0.25, -0.2) is 0 Å². The van der Waals surface area contributed by atoms with Crippen LogP contribution in [0.4, 0.5) is 5.00 Å². The topological polar surface area (TPSA) is 86.7 Å². The number of benzene rings is 1. The Balaban J connectivity index is 2.15. The van der Waals surface area contributed by atoms with Gasteiger partial charge >= 0.3 is 5.00 Å². The number of fused-ring (bicyclic) bond motifs is 1. The molecular formula is C16H11N3O4S2. The van der Waals surface area contributed by atoms with Crippen molar-refractivity contribution in [3.8, 4) is 18.1 Å². The molecule has 0 unspecified atom stereocenters. The van der Waals surface area contributed by atoms with E-state index in [1.54, 1.807) is 17.7 Å². The van der Waals surface area contributed by atoms with Crippen molar-refractivity contribution in [2.45, 2.75) is 6.54 Å². The molecule has 1 aromatic carbocycles. The van der Waals surface area contributed by atoms with Crippen LogP contribution >= 0.6 is 22.7 Å².